The molecule has 2 amide bonds. The molecule has 3 N–H and O–H groups in total. The average Bonchev–Trinajstić information content (AvgIpc) is 2.60. The lowest BCUT2D eigenvalue weighted by molar-refractivity contribution is -0.145. The smallest absolute Gasteiger partial charge is 0.328 e. The zero-order chi connectivity index (χ0) is 20.6. The van der Waals surface area contributed by atoms with Gasteiger partial charge in [-0.1, -0.05) is 44.2 Å². The van der Waals surface area contributed by atoms with Crippen LogP contribution >= 0.6 is 12.6 Å². The molecule has 0 aliphatic rings. The molecule has 0 aliphatic heterocycles. The van der Waals surface area contributed by atoms with E-state index in [1.54, 1.807) is 0 Å². The fourth-order valence-corrected chi connectivity index (χ4v) is 2.19. The van der Waals surface area contributed by atoms with Crippen molar-refractivity contribution in [3.8, 4) is 0 Å². The van der Waals surface area contributed by atoms with E-state index in [4.69, 9.17) is 4.74 Å². The van der Waals surface area contributed by atoms with Gasteiger partial charge in [-0.2, -0.15) is 12.6 Å². The maximum absolute atomic E-state index is 12.5. The zero-order valence-electron chi connectivity index (χ0n) is 16.1. The second-order valence-electron chi connectivity index (χ2n) is 7.17. The third kappa shape index (κ3) is 7.60. The first-order valence-corrected chi connectivity index (χ1v) is 9.21. The Hall–Kier alpha value is -2.06. The van der Waals surface area contributed by atoms with Crippen molar-refractivity contribution in [3.63, 3.8) is 0 Å². The quantitative estimate of drug-likeness (QED) is 0.450. The van der Waals surface area contributed by atoms with Crippen molar-refractivity contribution in [1.29, 1.82) is 0 Å². The van der Waals surface area contributed by atoms with Gasteiger partial charge >= 0.3 is 5.97 Å². The van der Waals surface area contributed by atoms with E-state index in [1.165, 1.54) is 13.8 Å². The number of nitrogens with one attached hydrogen (secondary N) is 2. The summed E-state index contributed by atoms with van der Waals surface area (Å²) in [6.07, 6.45) is 0. The third-order valence-corrected chi connectivity index (χ3v) is 4.73. The highest BCUT2D eigenvalue weighted by Gasteiger charge is 2.34. The fraction of sp³-hybridized carbons (Fsp3) is 0.526. The molecule has 0 saturated heterocycles. The van der Waals surface area contributed by atoms with E-state index < -0.39 is 28.7 Å². The summed E-state index contributed by atoms with van der Waals surface area (Å²) in [5, 5.41) is 13.8. The van der Waals surface area contributed by atoms with Crippen LogP contribution in [0, 0.1) is 5.92 Å². The number of carboxylic acid groups (broad SMARTS) is 1. The molecule has 1 aromatic rings. The van der Waals surface area contributed by atoms with Crippen molar-refractivity contribution in [1.82, 2.24) is 10.6 Å². The van der Waals surface area contributed by atoms with Crippen LogP contribution in [0.25, 0.3) is 0 Å². The predicted molar refractivity (Wildman–Crippen MR) is 105 cm³/mol. The lowest BCUT2D eigenvalue weighted by Gasteiger charge is -2.29. The number of thiol groups is 1. The minimum atomic E-state index is -1.29. The third-order valence-electron chi connectivity index (χ3n) is 3.90. The fourth-order valence-electron chi connectivity index (χ4n) is 2.12. The van der Waals surface area contributed by atoms with Crippen molar-refractivity contribution >= 4 is 30.4 Å². The van der Waals surface area contributed by atoms with Crippen LogP contribution in [0.15, 0.2) is 30.3 Å². The number of benzene rings is 1. The summed E-state index contributed by atoms with van der Waals surface area (Å²) in [4.78, 5) is 36.0. The van der Waals surface area contributed by atoms with Gasteiger partial charge in [0.25, 0.3) is 0 Å². The first-order chi connectivity index (χ1) is 12.5. The molecule has 0 spiro atoms. The van der Waals surface area contributed by atoms with Gasteiger partial charge in [-0.15, -0.1) is 0 Å². The summed E-state index contributed by atoms with van der Waals surface area (Å²) in [5.41, 5.74) is -0.394. The molecule has 8 heteroatoms. The molecule has 0 saturated carbocycles. The van der Waals surface area contributed by atoms with Gasteiger partial charge in [0, 0.05) is 0 Å². The maximum atomic E-state index is 12.5. The molecule has 0 heterocycles. The molecular formula is C19H28N2O5S. The number of aliphatic carboxylic acids is 1. The number of ether oxygens (including phenoxy) is 1. The molecule has 7 nitrogen and oxygen atoms in total. The van der Waals surface area contributed by atoms with E-state index in [0.717, 1.165) is 5.56 Å². The molecule has 0 aliphatic carbocycles. The number of amides is 2. The Morgan fingerprint density at radius 1 is 1.19 bits per heavy atom. The molecule has 0 aromatic heterocycles. The van der Waals surface area contributed by atoms with Gasteiger partial charge in [0.2, 0.25) is 11.8 Å². The van der Waals surface area contributed by atoms with Crippen LogP contribution in [0.5, 0.6) is 0 Å². The molecule has 0 radical (unpaired) electrons. The van der Waals surface area contributed by atoms with Gasteiger partial charge in [-0.25, -0.2) is 4.79 Å². The topological polar surface area (TPSA) is 105 Å². The monoisotopic (exact) mass is 396 g/mol. The van der Waals surface area contributed by atoms with Crippen molar-refractivity contribution in [2.75, 3.05) is 6.61 Å². The molecule has 1 aromatic carbocycles. The van der Waals surface area contributed by atoms with Crippen LogP contribution < -0.4 is 10.6 Å². The molecule has 150 valence electrons. The first-order valence-electron chi connectivity index (χ1n) is 8.70. The number of hydrogen-bond donors (Lipinski definition) is 4. The SMILES string of the molecule is CC(C)[C@@H](S)C(=O)NC(C)(C)C(=O)N[C@@H](COCc1ccccc1)C(=O)O. The van der Waals surface area contributed by atoms with Crippen LogP contribution in [0.3, 0.4) is 0 Å². The molecule has 0 fully saturated rings. The van der Waals surface area contributed by atoms with Gasteiger partial charge in [0.1, 0.15) is 5.54 Å². The van der Waals surface area contributed by atoms with E-state index in [9.17, 15) is 19.5 Å². The summed E-state index contributed by atoms with van der Waals surface area (Å²) in [6.45, 7) is 6.73. The van der Waals surface area contributed by atoms with Crippen LogP contribution in [-0.4, -0.2) is 46.3 Å². The van der Waals surface area contributed by atoms with E-state index in [1.807, 2.05) is 44.2 Å². The minimum Gasteiger partial charge on any atom is -0.480 e. The number of hydrogen-bond acceptors (Lipinski definition) is 5. The number of rotatable bonds is 10. The molecule has 2 atom stereocenters. The summed E-state index contributed by atoms with van der Waals surface area (Å²) < 4.78 is 5.41. The Bertz CT molecular complexity index is 649. The Kier molecular flexibility index (Phi) is 8.78. The summed E-state index contributed by atoms with van der Waals surface area (Å²) in [6, 6.07) is 8.06. The van der Waals surface area contributed by atoms with Crippen molar-refractivity contribution in [2.45, 2.75) is 51.1 Å². The Balaban J connectivity index is 2.62. The highest BCUT2D eigenvalue weighted by Crippen LogP contribution is 2.12. The lowest BCUT2D eigenvalue weighted by Crippen LogP contribution is -2.59. The second-order valence-corrected chi connectivity index (χ2v) is 7.72. The second kappa shape index (κ2) is 10.3. The van der Waals surface area contributed by atoms with E-state index in [-0.39, 0.29) is 25.0 Å². The van der Waals surface area contributed by atoms with E-state index in [0.29, 0.717) is 0 Å². The molecule has 1 rings (SSSR count). The van der Waals surface area contributed by atoms with Crippen LogP contribution in [0.2, 0.25) is 0 Å². The van der Waals surface area contributed by atoms with Crippen molar-refractivity contribution < 1.29 is 24.2 Å². The Morgan fingerprint density at radius 2 is 1.78 bits per heavy atom. The highest BCUT2D eigenvalue weighted by molar-refractivity contribution is 7.81. The van der Waals surface area contributed by atoms with E-state index >= 15 is 0 Å². The molecule has 27 heavy (non-hydrogen) atoms. The van der Waals surface area contributed by atoms with Gasteiger partial charge in [0.05, 0.1) is 18.5 Å². The Morgan fingerprint density at radius 3 is 2.30 bits per heavy atom. The summed E-state index contributed by atoms with van der Waals surface area (Å²) >= 11 is 4.23. The summed E-state index contributed by atoms with van der Waals surface area (Å²) in [7, 11) is 0. The van der Waals surface area contributed by atoms with Gasteiger partial charge in [-0.3, -0.25) is 9.59 Å². The Labute approximate surface area is 165 Å². The largest absolute Gasteiger partial charge is 0.480 e. The van der Waals surface area contributed by atoms with Crippen molar-refractivity contribution in [2.24, 2.45) is 5.92 Å². The first kappa shape index (κ1) is 23.0. The van der Waals surface area contributed by atoms with Gasteiger partial charge in [-0.05, 0) is 25.3 Å². The van der Waals surface area contributed by atoms with Crippen LogP contribution in [0.4, 0.5) is 0 Å². The minimum absolute atomic E-state index is 0.00894. The highest BCUT2D eigenvalue weighted by atomic mass is 32.1. The molecule has 0 bridgehead atoms. The molecule has 0 unspecified atom stereocenters. The van der Waals surface area contributed by atoms with E-state index in [2.05, 4.69) is 23.3 Å². The number of carbonyl (C=O) groups is 3. The standard InChI is InChI=1S/C19H28N2O5S/c1-12(2)15(27)16(22)21-19(3,4)18(25)20-14(17(23)24)11-26-10-13-8-6-5-7-9-13/h5-9,12,14-15,27H,10-11H2,1-4H3,(H,20,25)(H,21,22)(H,23,24)/t14-,15+/m0/s1. The normalized spacial score (nSPS) is 13.7. The van der Waals surface area contributed by atoms with Crippen LogP contribution in [0.1, 0.15) is 33.3 Å². The number of carbonyl (C=O) groups excluding carboxylic acids is 2. The van der Waals surface area contributed by atoms with Gasteiger partial charge in [0.15, 0.2) is 6.04 Å². The maximum Gasteiger partial charge on any atom is 0.328 e. The zero-order valence-corrected chi connectivity index (χ0v) is 17.0. The number of carboxylic acids is 1. The summed E-state index contributed by atoms with van der Waals surface area (Å²) in [5.74, 6) is -2.23. The van der Waals surface area contributed by atoms with Crippen molar-refractivity contribution in [3.05, 3.63) is 35.9 Å². The molecular weight excluding hydrogens is 368 g/mol. The predicted octanol–water partition coefficient (Wildman–Crippen LogP) is 1.62. The van der Waals surface area contributed by atoms with Gasteiger partial charge < -0.3 is 20.5 Å². The average molecular weight is 397 g/mol. The lowest BCUT2D eigenvalue weighted by atomic mass is 10.0. The van der Waals surface area contributed by atoms with Crippen LogP contribution in [-0.2, 0) is 25.7 Å².